The number of carbonyl (C=O) groups excluding carboxylic acids is 1. The minimum atomic E-state index is -4.24. The van der Waals surface area contributed by atoms with Gasteiger partial charge >= 0.3 is 0 Å². The molecule has 3 rings (SSSR count). The van der Waals surface area contributed by atoms with E-state index in [1.54, 1.807) is 6.92 Å². The van der Waals surface area contributed by atoms with Gasteiger partial charge in [0.25, 0.3) is 10.0 Å². The molecule has 0 aliphatic carbocycles. The Bertz CT molecular complexity index is 1170. The molecule has 30 heavy (non-hydrogen) atoms. The number of hydrogen-bond acceptors (Lipinski definition) is 6. The maximum absolute atomic E-state index is 14.6. The molecule has 11 heteroatoms. The molecule has 2 N–H and O–H groups in total. The molecule has 1 atom stereocenters. The Balaban J connectivity index is 1.87. The molecule has 0 saturated heterocycles. The highest BCUT2D eigenvalue weighted by Gasteiger charge is 2.23. The standard InChI is InChI=1S/C19H16ClF2N3O3S2/c1-11(13-6-12(4-5-26)2-3-15(13)21)24-17-8-16(22)18(7-14(17)20)30(27,28)25-19-9-29-10-23-19/h2-3,5-11,24-25H,4H2,1H3. The molecular formula is C19H16ClF2N3O3S2. The van der Waals surface area contributed by atoms with Gasteiger partial charge in [0, 0.05) is 17.4 Å². The molecule has 1 unspecified atom stereocenters. The van der Waals surface area contributed by atoms with Crippen molar-refractivity contribution in [3.8, 4) is 0 Å². The molecule has 0 fully saturated rings. The Morgan fingerprint density at radius 3 is 2.67 bits per heavy atom. The van der Waals surface area contributed by atoms with Crippen LogP contribution in [0.1, 0.15) is 24.1 Å². The van der Waals surface area contributed by atoms with Gasteiger partial charge in [-0.05, 0) is 30.7 Å². The molecule has 0 aliphatic heterocycles. The largest absolute Gasteiger partial charge is 0.377 e. The van der Waals surface area contributed by atoms with Gasteiger partial charge in [-0.15, -0.1) is 11.3 Å². The lowest BCUT2D eigenvalue weighted by molar-refractivity contribution is -0.107. The normalized spacial score (nSPS) is 12.4. The van der Waals surface area contributed by atoms with Crippen molar-refractivity contribution < 1.29 is 22.0 Å². The lowest BCUT2D eigenvalue weighted by Crippen LogP contribution is -2.16. The first-order chi connectivity index (χ1) is 14.2. The topological polar surface area (TPSA) is 88.2 Å². The van der Waals surface area contributed by atoms with E-state index >= 15 is 0 Å². The molecule has 0 bridgehead atoms. The van der Waals surface area contributed by atoms with E-state index in [1.807, 2.05) is 0 Å². The number of rotatable bonds is 8. The fraction of sp³-hybridized carbons (Fsp3) is 0.158. The maximum atomic E-state index is 14.6. The summed E-state index contributed by atoms with van der Waals surface area (Å²) < 4.78 is 55.8. The van der Waals surface area contributed by atoms with Crippen LogP contribution in [0.4, 0.5) is 20.3 Å². The van der Waals surface area contributed by atoms with E-state index in [4.69, 9.17) is 11.6 Å². The minimum absolute atomic E-state index is 0.0636. The number of sulfonamides is 1. The fourth-order valence-corrected chi connectivity index (χ4v) is 4.69. The van der Waals surface area contributed by atoms with Crippen molar-refractivity contribution in [3.05, 3.63) is 69.0 Å². The third-order valence-corrected chi connectivity index (χ3v) is 6.47. The number of nitrogens with one attached hydrogen (secondary N) is 2. The first-order valence-electron chi connectivity index (χ1n) is 8.60. The van der Waals surface area contributed by atoms with Crippen LogP contribution in [0.5, 0.6) is 0 Å². The zero-order valence-electron chi connectivity index (χ0n) is 15.5. The third kappa shape index (κ3) is 4.94. The van der Waals surface area contributed by atoms with Crippen LogP contribution in [0, 0.1) is 11.6 Å². The van der Waals surface area contributed by atoms with Gasteiger partial charge in [-0.1, -0.05) is 23.7 Å². The number of benzene rings is 2. The summed E-state index contributed by atoms with van der Waals surface area (Å²) in [6.45, 7) is 1.63. The molecule has 2 aromatic carbocycles. The van der Waals surface area contributed by atoms with Crippen molar-refractivity contribution in [2.24, 2.45) is 0 Å². The molecule has 158 valence electrons. The van der Waals surface area contributed by atoms with Gasteiger partial charge in [-0.3, -0.25) is 4.72 Å². The van der Waals surface area contributed by atoms with E-state index in [0.29, 0.717) is 11.8 Å². The number of anilines is 2. The minimum Gasteiger partial charge on any atom is -0.377 e. The van der Waals surface area contributed by atoms with Crippen LogP contribution in [0.15, 0.2) is 46.1 Å². The van der Waals surface area contributed by atoms with E-state index in [0.717, 1.165) is 12.1 Å². The zero-order chi connectivity index (χ0) is 21.9. The van der Waals surface area contributed by atoms with E-state index in [1.165, 1.54) is 40.4 Å². The van der Waals surface area contributed by atoms with E-state index in [-0.39, 0.29) is 28.5 Å². The third-order valence-electron chi connectivity index (χ3n) is 4.20. The number of hydrogen-bond donors (Lipinski definition) is 2. The smallest absolute Gasteiger partial charge is 0.266 e. The molecule has 1 heterocycles. The summed E-state index contributed by atoms with van der Waals surface area (Å²) in [7, 11) is -4.24. The van der Waals surface area contributed by atoms with Crippen LogP contribution < -0.4 is 10.0 Å². The molecular weight excluding hydrogens is 456 g/mol. The molecule has 0 amide bonds. The molecule has 0 aliphatic rings. The first-order valence-corrected chi connectivity index (χ1v) is 11.4. The van der Waals surface area contributed by atoms with Gasteiger partial charge in [-0.25, -0.2) is 22.2 Å². The summed E-state index contributed by atoms with van der Waals surface area (Å²) in [5.41, 5.74) is 2.41. The number of aldehydes is 1. The Morgan fingerprint density at radius 2 is 2.00 bits per heavy atom. The van der Waals surface area contributed by atoms with Gasteiger partial charge in [0.2, 0.25) is 0 Å². The molecule has 1 aromatic heterocycles. The Labute approximate surface area is 181 Å². The lowest BCUT2D eigenvalue weighted by atomic mass is 10.0. The average Bonchev–Trinajstić information content (AvgIpc) is 3.18. The lowest BCUT2D eigenvalue weighted by Gasteiger charge is -2.19. The summed E-state index contributed by atoms with van der Waals surface area (Å²) >= 11 is 7.34. The van der Waals surface area contributed by atoms with Crippen molar-refractivity contribution in [3.63, 3.8) is 0 Å². The van der Waals surface area contributed by atoms with Crippen LogP contribution in [-0.2, 0) is 21.2 Å². The second-order valence-corrected chi connectivity index (χ2v) is 9.11. The number of aromatic nitrogens is 1. The van der Waals surface area contributed by atoms with Crippen LogP contribution in [-0.4, -0.2) is 19.7 Å². The van der Waals surface area contributed by atoms with Crippen LogP contribution in [0.25, 0.3) is 0 Å². The van der Waals surface area contributed by atoms with Crippen molar-refractivity contribution >= 4 is 50.8 Å². The fourth-order valence-electron chi connectivity index (χ4n) is 2.76. The summed E-state index contributed by atoms with van der Waals surface area (Å²) in [6, 6.07) is 5.55. The summed E-state index contributed by atoms with van der Waals surface area (Å²) in [5.74, 6) is -1.48. The van der Waals surface area contributed by atoms with Gasteiger partial charge < -0.3 is 10.1 Å². The van der Waals surface area contributed by atoms with Gasteiger partial charge in [-0.2, -0.15) is 0 Å². The number of thiazole rings is 1. The highest BCUT2D eigenvalue weighted by Crippen LogP contribution is 2.32. The van der Waals surface area contributed by atoms with Crippen molar-refractivity contribution in [2.75, 3.05) is 10.0 Å². The van der Waals surface area contributed by atoms with Crippen LogP contribution >= 0.6 is 22.9 Å². The summed E-state index contributed by atoms with van der Waals surface area (Å²) in [4.78, 5) is 13.9. The monoisotopic (exact) mass is 471 g/mol. The molecule has 3 aromatic rings. The number of nitrogens with zero attached hydrogens (tertiary/aromatic N) is 1. The first kappa shape index (κ1) is 22.1. The second kappa shape index (κ2) is 9.07. The molecule has 0 radical (unpaired) electrons. The van der Waals surface area contributed by atoms with Gasteiger partial charge in [0.05, 0.1) is 22.3 Å². The highest BCUT2D eigenvalue weighted by atomic mass is 35.5. The Kier molecular flexibility index (Phi) is 6.69. The quantitative estimate of drug-likeness (QED) is 0.461. The van der Waals surface area contributed by atoms with E-state index < -0.39 is 32.6 Å². The summed E-state index contributed by atoms with van der Waals surface area (Å²) in [5, 5.41) is 4.27. The van der Waals surface area contributed by atoms with Crippen molar-refractivity contribution in [1.29, 1.82) is 0 Å². The highest BCUT2D eigenvalue weighted by molar-refractivity contribution is 7.92. The zero-order valence-corrected chi connectivity index (χ0v) is 17.9. The predicted molar refractivity (Wildman–Crippen MR) is 113 cm³/mol. The Morgan fingerprint density at radius 1 is 1.23 bits per heavy atom. The molecule has 0 spiro atoms. The SMILES string of the molecule is CC(Nc1cc(F)c(S(=O)(=O)Nc2cscn2)cc1Cl)c1cc(CC=O)ccc1F. The predicted octanol–water partition coefficient (Wildman–Crippen LogP) is 4.79. The van der Waals surface area contributed by atoms with E-state index in [2.05, 4.69) is 15.0 Å². The van der Waals surface area contributed by atoms with Crippen molar-refractivity contribution in [2.45, 2.75) is 24.3 Å². The van der Waals surface area contributed by atoms with E-state index in [9.17, 15) is 22.0 Å². The summed E-state index contributed by atoms with van der Waals surface area (Å²) in [6.07, 6.45) is 0.841. The average molecular weight is 472 g/mol. The van der Waals surface area contributed by atoms with Gasteiger partial charge in [0.1, 0.15) is 22.8 Å². The second-order valence-electron chi connectivity index (χ2n) is 6.33. The van der Waals surface area contributed by atoms with Crippen LogP contribution in [0.2, 0.25) is 5.02 Å². The molecule has 6 nitrogen and oxygen atoms in total. The maximum Gasteiger partial charge on any atom is 0.266 e. The number of halogens is 3. The van der Waals surface area contributed by atoms with Crippen LogP contribution in [0.3, 0.4) is 0 Å². The van der Waals surface area contributed by atoms with Gasteiger partial charge in [0.15, 0.2) is 5.82 Å². The number of carbonyl (C=O) groups is 1. The molecule has 0 saturated carbocycles. The van der Waals surface area contributed by atoms with Crippen molar-refractivity contribution in [1.82, 2.24) is 4.98 Å². The Hall–Kier alpha value is -2.56.